The summed E-state index contributed by atoms with van der Waals surface area (Å²) in [5.74, 6) is -2.46. The number of hydrogen-bond acceptors (Lipinski definition) is 4. The molecule has 1 aliphatic heterocycles. The monoisotopic (exact) mass is 346 g/mol. The van der Waals surface area contributed by atoms with Crippen molar-refractivity contribution in [2.45, 2.75) is 45.3 Å². The average molecular weight is 346 g/mol. The number of carboxylic acid groups (broad SMARTS) is 1. The van der Waals surface area contributed by atoms with Crippen molar-refractivity contribution >= 4 is 17.8 Å². The molecule has 126 valence electrons. The molecule has 0 spiro atoms. The van der Waals surface area contributed by atoms with Gasteiger partial charge in [0, 0.05) is 25.4 Å². The maximum atomic E-state index is 12.3. The molecule has 0 aromatic rings. The predicted molar refractivity (Wildman–Crippen MR) is 67.2 cm³/mol. The van der Waals surface area contributed by atoms with Gasteiger partial charge in [-0.25, -0.2) is 0 Å². The number of carboxylic acids is 1. The first-order valence-electron chi connectivity index (χ1n) is 6.72. The fourth-order valence-electron chi connectivity index (χ4n) is 2.40. The fourth-order valence-corrected chi connectivity index (χ4v) is 2.40. The number of hydrogen-bond donors (Lipinski definition) is 1. The summed E-state index contributed by atoms with van der Waals surface area (Å²) in [5.41, 5.74) is -0.836. The Morgan fingerprint density at radius 1 is 1.30 bits per heavy atom. The zero-order valence-electron chi connectivity index (χ0n) is 13.3. The minimum absolute atomic E-state index is 0. The van der Waals surface area contributed by atoms with Gasteiger partial charge < -0.3 is 20.1 Å². The maximum Gasteiger partial charge on any atom is 1.00 e. The van der Waals surface area contributed by atoms with E-state index < -0.39 is 42.0 Å². The molecule has 1 fully saturated rings. The van der Waals surface area contributed by atoms with E-state index in [4.69, 9.17) is 0 Å². The molecule has 1 heterocycles. The van der Waals surface area contributed by atoms with Crippen LogP contribution in [0.1, 0.15) is 33.1 Å². The first-order valence-corrected chi connectivity index (χ1v) is 6.72. The molecule has 1 unspecified atom stereocenters. The van der Waals surface area contributed by atoms with Crippen LogP contribution in [0.2, 0.25) is 0 Å². The first-order chi connectivity index (χ1) is 9.88. The molecule has 1 saturated heterocycles. The Morgan fingerprint density at radius 3 is 2.35 bits per heavy atom. The Bertz CT molecular complexity index is 469. The van der Waals surface area contributed by atoms with Crippen molar-refractivity contribution in [1.29, 1.82) is 0 Å². The van der Waals surface area contributed by atoms with Gasteiger partial charge in [0.1, 0.15) is 6.54 Å². The van der Waals surface area contributed by atoms with Gasteiger partial charge in [-0.05, 0) is 11.8 Å². The van der Waals surface area contributed by atoms with E-state index in [0.29, 0.717) is 4.90 Å². The summed E-state index contributed by atoms with van der Waals surface area (Å²) in [4.78, 5) is 34.5. The van der Waals surface area contributed by atoms with Crippen molar-refractivity contribution in [3.63, 3.8) is 0 Å². The molecule has 10 heteroatoms. The van der Waals surface area contributed by atoms with Crippen LogP contribution in [0.4, 0.5) is 13.2 Å². The van der Waals surface area contributed by atoms with Gasteiger partial charge in [-0.3, -0.25) is 9.59 Å². The number of alkyl halides is 3. The molecular weight excluding hydrogens is 328 g/mol. The summed E-state index contributed by atoms with van der Waals surface area (Å²) >= 11 is 0. The second-order valence-corrected chi connectivity index (χ2v) is 6.25. The molecule has 0 radical (unpaired) electrons. The van der Waals surface area contributed by atoms with Crippen LogP contribution in [0.5, 0.6) is 0 Å². The minimum Gasteiger partial charge on any atom is -0.550 e. The Kier molecular flexibility index (Phi) is 8.05. The minimum atomic E-state index is -4.48. The van der Waals surface area contributed by atoms with Crippen molar-refractivity contribution in [3.05, 3.63) is 0 Å². The van der Waals surface area contributed by atoms with E-state index in [1.165, 1.54) is 0 Å². The Morgan fingerprint density at radius 2 is 1.87 bits per heavy atom. The summed E-state index contributed by atoms with van der Waals surface area (Å²) in [5, 5.41) is 13.0. The van der Waals surface area contributed by atoms with Crippen LogP contribution in [-0.2, 0) is 14.4 Å². The Hall–Kier alpha value is -0.800. The van der Waals surface area contributed by atoms with Gasteiger partial charge in [0.05, 0.1) is 6.04 Å². The van der Waals surface area contributed by atoms with Gasteiger partial charge in [0.15, 0.2) is 0 Å². The zero-order chi connectivity index (χ0) is 17.1. The number of aliphatic carboxylic acids is 1. The first kappa shape index (κ1) is 22.2. The fraction of sp³-hybridized carbons (Fsp3) is 0.769. The van der Waals surface area contributed by atoms with E-state index >= 15 is 0 Å². The molecule has 23 heavy (non-hydrogen) atoms. The molecule has 0 saturated carbocycles. The predicted octanol–water partition coefficient (Wildman–Crippen LogP) is -3.17. The van der Waals surface area contributed by atoms with Crippen molar-refractivity contribution in [2.24, 2.45) is 5.41 Å². The second-order valence-electron chi connectivity index (χ2n) is 6.25. The largest absolute Gasteiger partial charge is 1.00 e. The van der Waals surface area contributed by atoms with Gasteiger partial charge in [-0.15, -0.1) is 0 Å². The number of amides is 2. The van der Waals surface area contributed by atoms with Gasteiger partial charge in [0.25, 0.3) is 0 Å². The quantitative estimate of drug-likeness (QED) is 0.514. The molecule has 1 rings (SSSR count). The summed E-state index contributed by atoms with van der Waals surface area (Å²) < 4.78 is 36.8. The van der Waals surface area contributed by atoms with Gasteiger partial charge in [0.2, 0.25) is 11.8 Å². The standard InChI is InChI=1S/C13H19F3N2O4.Na/c1-12(2,5-11(21)22)4-9(19)17-8-3-10(20)18(6-8)7-13(14,15)16;/h8H,3-7H2,1-2H3,(H,17,19)(H,21,22);/q;+1/p-1. The third-order valence-electron chi connectivity index (χ3n) is 3.21. The SMILES string of the molecule is CC(C)(CC(=O)[O-])CC(=O)NC1CC(=O)N(CC(F)(F)F)C1.[Na+]. The van der Waals surface area contributed by atoms with E-state index in [1.54, 1.807) is 13.8 Å². The van der Waals surface area contributed by atoms with E-state index in [0.717, 1.165) is 0 Å². The molecule has 1 N–H and O–H groups in total. The van der Waals surface area contributed by atoms with E-state index in [-0.39, 0.29) is 55.4 Å². The summed E-state index contributed by atoms with van der Waals surface area (Å²) in [6.45, 7) is 1.59. The topological polar surface area (TPSA) is 89.5 Å². The maximum absolute atomic E-state index is 12.3. The Labute approximate surface area is 154 Å². The molecular formula is C13H18F3N2NaO4. The molecule has 6 nitrogen and oxygen atoms in total. The molecule has 0 aliphatic carbocycles. The van der Waals surface area contributed by atoms with Gasteiger partial charge in [-0.1, -0.05) is 13.8 Å². The molecule has 2 amide bonds. The third kappa shape index (κ3) is 8.57. The Balaban J connectivity index is 0.00000484. The molecule has 0 aromatic carbocycles. The number of rotatable bonds is 6. The van der Waals surface area contributed by atoms with Crippen LogP contribution >= 0.6 is 0 Å². The van der Waals surface area contributed by atoms with Crippen LogP contribution < -0.4 is 40.0 Å². The van der Waals surface area contributed by atoms with Crippen LogP contribution in [-0.4, -0.2) is 48.0 Å². The summed E-state index contributed by atoms with van der Waals surface area (Å²) in [6.07, 6.45) is -5.11. The zero-order valence-corrected chi connectivity index (χ0v) is 15.3. The van der Waals surface area contributed by atoms with E-state index in [9.17, 15) is 32.7 Å². The van der Waals surface area contributed by atoms with Gasteiger partial charge in [-0.2, -0.15) is 13.2 Å². The van der Waals surface area contributed by atoms with E-state index in [2.05, 4.69) is 5.32 Å². The molecule has 0 aromatic heterocycles. The molecule has 1 aliphatic rings. The molecule has 1 atom stereocenters. The normalized spacial score (nSPS) is 18.6. The van der Waals surface area contributed by atoms with Crippen LogP contribution in [0.25, 0.3) is 0 Å². The number of carbonyl (C=O) groups excluding carboxylic acids is 3. The molecule has 0 bridgehead atoms. The van der Waals surface area contributed by atoms with E-state index in [1.807, 2.05) is 0 Å². The van der Waals surface area contributed by atoms with Crippen LogP contribution in [0, 0.1) is 5.41 Å². The smallest absolute Gasteiger partial charge is 0.550 e. The average Bonchev–Trinajstić information content (AvgIpc) is 2.52. The second kappa shape index (κ2) is 8.34. The van der Waals surface area contributed by atoms with Crippen molar-refractivity contribution in [2.75, 3.05) is 13.1 Å². The van der Waals surface area contributed by atoms with Gasteiger partial charge >= 0.3 is 35.7 Å². The summed E-state index contributed by atoms with van der Waals surface area (Å²) in [7, 11) is 0. The number of likely N-dealkylation sites (tertiary alicyclic amines) is 1. The third-order valence-corrected chi connectivity index (χ3v) is 3.21. The van der Waals surface area contributed by atoms with Crippen LogP contribution in [0.15, 0.2) is 0 Å². The van der Waals surface area contributed by atoms with Crippen molar-refractivity contribution in [3.8, 4) is 0 Å². The number of carbonyl (C=O) groups is 3. The number of nitrogens with zero attached hydrogens (tertiary/aromatic N) is 1. The van der Waals surface area contributed by atoms with Crippen LogP contribution in [0.3, 0.4) is 0 Å². The number of halogens is 3. The van der Waals surface area contributed by atoms with Crippen molar-refractivity contribution < 1.29 is 62.2 Å². The number of nitrogens with one attached hydrogen (secondary N) is 1. The summed E-state index contributed by atoms with van der Waals surface area (Å²) in [6, 6.07) is -0.693. The van der Waals surface area contributed by atoms with Crippen molar-refractivity contribution in [1.82, 2.24) is 10.2 Å².